The Hall–Kier alpha value is -2.64. The zero-order chi connectivity index (χ0) is 13.5. The molecule has 0 aliphatic rings. The van der Waals surface area contributed by atoms with Gasteiger partial charge in [-0.1, -0.05) is 6.58 Å². The number of aromatic nitrogens is 1. The van der Waals surface area contributed by atoms with Gasteiger partial charge in [-0.15, -0.1) is 4.73 Å². The van der Waals surface area contributed by atoms with Crippen LogP contribution in [0.4, 0.5) is 4.79 Å². The first kappa shape index (κ1) is 13.4. The molecule has 0 aliphatic carbocycles. The van der Waals surface area contributed by atoms with E-state index < -0.39 is 23.8 Å². The highest BCUT2D eigenvalue weighted by molar-refractivity contribution is 5.81. The first-order valence-corrected chi connectivity index (χ1v) is 4.89. The topological polar surface area (TPSA) is 110 Å². The van der Waals surface area contributed by atoms with Crippen molar-refractivity contribution in [2.45, 2.75) is 0 Å². The van der Waals surface area contributed by atoms with Gasteiger partial charge in [0.15, 0.2) is 0 Å². The molecule has 1 rings (SSSR count). The van der Waals surface area contributed by atoms with Crippen molar-refractivity contribution >= 4 is 12.1 Å². The van der Waals surface area contributed by atoms with Crippen LogP contribution in [0.2, 0.25) is 0 Å². The molecule has 1 aromatic rings. The molecule has 0 atom stereocenters. The fourth-order valence-corrected chi connectivity index (χ4v) is 0.974. The number of carbonyl (C=O) groups excluding carboxylic acids is 2. The molecule has 0 saturated carbocycles. The van der Waals surface area contributed by atoms with Crippen molar-refractivity contribution in [2.75, 3.05) is 13.2 Å². The molecular weight excluding hydrogens is 244 g/mol. The Balaban J connectivity index is 2.30. The van der Waals surface area contributed by atoms with Gasteiger partial charge in [0.1, 0.15) is 6.61 Å². The minimum Gasteiger partial charge on any atom is -0.492 e. The van der Waals surface area contributed by atoms with E-state index in [2.05, 4.69) is 21.5 Å². The summed E-state index contributed by atoms with van der Waals surface area (Å²) < 4.78 is 5.12. The summed E-state index contributed by atoms with van der Waals surface area (Å²) in [4.78, 5) is 26.4. The maximum atomic E-state index is 11.2. The van der Waals surface area contributed by atoms with Gasteiger partial charge in [-0.25, -0.2) is 9.59 Å². The smallest absolute Gasteiger partial charge is 0.432 e. The fourth-order valence-electron chi connectivity index (χ4n) is 0.974. The summed E-state index contributed by atoms with van der Waals surface area (Å²) in [7, 11) is 0. The molecule has 1 aromatic heterocycles. The molecule has 8 heteroatoms. The number of ether oxygens (including phenoxy) is 1. The molecule has 1 amide bonds. The standard InChI is InChI=1S/C10H12N2O6/c1-2-9(15)17-6-5-11-10(16)18-12-7(13)3-4-8(12)14/h2-4,13-14H,1,5-6H2,(H,11,16). The minimum absolute atomic E-state index is 0.0151. The van der Waals surface area contributed by atoms with Crippen LogP contribution in [-0.4, -0.2) is 40.2 Å². The second kappa shape index (κ2) is 6.18. The van der Waals surface area contributed by atoms with E-state index in [0.29, 0.717) is 4.73 Å². The second-order valence-electron chi connectivity index (χ2n) is 3.02. The lowest BCUT2D eigenvalue weighted by atomic mass is 10.6. The third-order valence-corrected chi connectivity index (χ3v) is 1.75. The molecule has 3 N–H and O–H groups in total. The molecule has 0 spiro atoms. The van der Waals surface area contributed by atoms with Crippen LogP contribution in [0.15, 0.2) is 24.8 Å². The van der Waals surface area contributed by atoms with Crippen LogP contribution in [-0.2, 0) is 9.53 Å². The number of hydrogen-bond donors (Lipinski definition) is 3. The third-order valence-electron chi connectivity index (χ3n) is 1.75. The van der Waals surface area contributed by atoms with Crippen molar-refractivity contribution in [1.82, 2.24) is 10.0 Å². The zero-order valence-electron chi connectivity index (χ0n) is 9.33. The van der Waals surface area contributed by atoms with Gasteiger partial charge < -0.3 is 25.1 Å². The molecule has 0 aromatic carbocycles. The number of nitrogens with one attached hydrogen (secondary N) is 1. The SMILES string of the molecule is C=CC(=O)OCCNC(=O)On1c(O)ccc1O. The Morgan fingerprint density at radius 2 is 2.00 bits per heavy atom. The van der Waals surface area contributed by atoms with Gasteiger partial charge in [0.05, 0.1) is 6.54 Å². The molecule has 0 bridgehead atoms. The van der Waals surface area contributed by atoms with E-state index in [-0.39, 0.29) is 13.2 Å². The van der Waals surface area contributed by atoms with Crippen molar-refractivity contribution in [3.8, 4) is 11.8 Å². The van der Waals surface area contributed by atoms with Crippen LogP contribution < -0.4 is 10.2 Å². The number of hydrogen-bond acceptors (Lipinski definition) is 6. The lowest BCUT2D eigenvalue weighted by Gasteiger charge is -2.08. The molecule has 0 aliphatic heterocycles. The van der Waals surface area contributed by atoms with Crippen molar-refractivity contribution in [3.05, 3.63) is 24.8 Å². The predicted octanol–water partition coefficient (Wildman–Crippen LogP) is -0.233. The normalized spacial score (nSPS) is 9.56. The minimum atomic E-state index is -0.925. The largest absolute Gasteiger partial charge is 0.492 e. The van der Waals surface area contributed by atoms with Gasteiger partial charge in [-0.2, -0.15) is 0 Å². The molecule has 98 valence electrons. The fraction of sp³-hybridized carbons (Fsp3) is 0.200. The highest BCUT2D eigenvalue weighted by atomic mass is 16.7. The third kappa shape index (κ3) is 3.74. The number of aromatic hydroxyl groups is 2. The molecule has 18 heavy (non-hydrogen) atoms. The molecule has 1 heterocycles. The van der Waals surface area contributed by atoms with Crippen molar-refractivity contribution in [2.24, 2.45) is 0 Å². The summed E-state index contributed by atoms with van der Waals surface area (Å²) in [5.41, 5.74) is 0. The summed E-state index contributed by atoms with van der Waals surface area (Å²) in [6.07, 6.45) is 0.0697. The average Bonchev–Trinajstić information content (AvgIpc) is 2.66. The predicted molar refractivity (Wildman–Crippen MR) is 58.9 cm³/mol. The van der Waals surface area contributed by atoms with Crippen LogP contribution >= 0.6 is 0 Å². The van der Waals surface area contributed by atoms with Gasteiger partial charge >= 0.3 is 12.1 Å². The summed E-state index contributed by atoms with van der Waals surface area (Å²) in [6.45, 7) is 3.16. The van der Waals surface area contributed by atoms with E-state index in [0.717, 1.165) is 18.2 Å². The summed E-state index contributed by atoms with van der Waals surface area (Å²) in [5.74, 6) is -1.47. The van der Waals surface area contributed by atoms with E-state index in [1.807, 2.05) is 0 Å². The molecule has 0 radical (unpaired) electrons. The Morgan fingerprint density at radius 1 is 1.39 bits per heavy atom. The first-order chi connectivity index (χ1) is 8.54. The van der Waals surface area contributed by atoms with Crippen LogP contribution in [0, 0.1) is 0 Å². The van der Waals surface area contributed by atoms with E-state index >= 15 is 0 Å². The summed E-state index contributed by atoms with van der Waals surface area (Å²) in [6, 6.07) is 2.29. The maximum Gasteiger partial charge on any atom is 0.432 e. The van der Waals surface area contributed by atoms with E-state index in [1.54, 1.807) is 0 Å². The van der Waals surface area contributed by atoms with Gasteiger partial charge in [0.25, 0.3) is 0 Å². The number of esters is 1. The van der Waals surface area contributed by atoms with Gasteiger partial charge in [0, 0.05) is 18.2 Å². The first-order valence-electron chi connectivity index (χ1n) is 4.89. The number of nitrogens with zero attached hydrogens (tertiary/aromatic N) is 1. The van der Waals surface area contributed by atoms with E-state index in [4.69, 9.17) is 0 Å². The van der Waals surface area contributed by atoms with Crippen LogP contribution in [0.1, 0.15) is 0 Å². The molecule has 0 saturated heterocycles. The lowest BCUT2D eigenvalue weighted by molar-refractivity contribution is -0.137. The Morgan fingerprint density at radius 3 is 2.56 bits per heavy atom. The maximum absolute atomic E-state index is 11.2. The van der Waals surface area contributed by atoms with Crippen molar-refractivity contribution in [1.29, 1.82) is 0 Å². The monoisotopic (exact) mass is 256 g/mol. The Kier molecular flexibility index (Phi) is 4.61. The quantitative estimate of drug-likeness (QED) is 0.381. The number of amides is 1. The number of carbonyl (C=O) groups is 2. The second-order valence-corrected chi connectivity index (χ2v) is 3.02. The molecule has 0 unspecified atom stereocenters. The van der Waals surface area contributed by atoms with Gasteiger partial charge in [-0.3, -0.25) is 0 Å². The van der Waals surface area contributed by atoms with Crippen LogP contribution in [0.5, 0.6) is 11.8 Å². The van der Waals surface area contributed by atoms with Gasteiger partial charge in [-0.05, 0) is 0 Å². The Bertz CT molecular complexity index is 434. The number of rotatable bonds is 5. The van der Waals surface area contributed by atoms with Crippen molar-refractivity contribution in [3.63, 3.8) is 0 Å². The van der Waals surface area contributed by atoms with E-state index in [9.17, 15) is 19.8 Å². The Labute approximate surface area is 102 Å². The molecular formula is C10H12N2O6. The lowest BCUT2D eigenvalue weighted by Crippen LogP contribution is -2.34. The average molecular weight is 256 g/mol. The van der Waals surface area contributed by atoms with Crippen LogP contribution in [0.25, 0.3) is 0 Å². The van der Waals surface area contributed by atoms with Crippen LogP contribution in [0.3, 0.4) is 0 Å². The summed E-state index contributed by atoms with van der Waals surface area (Å²) in [5, 5.41) is 20.6. The zero-order valence-corrected chi connectivity index (χ0v) is 9.33. The van der Waals surface area contributed by atoms with E-state index in [1.165, 1.54) is 0 Å². The summed E-state index contributed by atoms with van der Waals surface area (Å²) >= 11 is 0. The van der Waals surface area contributed by atoms with Gasteiger partial charge in [0.2, 0.25) is 11.8 Å². The highest BCUT2D eigenvalue weighted by Crippen LogP contribution is 2.18. The molecule has 0 fully saturated rings. The highest BCUT2D eigenvalue weighted by Gasteiger charge is 2.11. The molecule has 8 nitrogen and oxygen atoms in total. The van der Waals surface area contributed by atoms with Crippen molar-refractivity contribution < 1.29 is 29.4 Å².